The molecule has 9 heteroatoms. The molecule has 0 saturated heterocycles. The number of hydrogen-bond donors (Lipinski definition) is 2. The van der Waals surface area contributed by atoms with Crippen molar-refractivity contribution in [2.24, 2.45) is 11.7 Å². The maximum atomic E-state index is 11.5. The van der Waals surface area contributed by atoms with E-state index in [4.69, 9.17) is 10.5 Å². The first-order valence-electron chi connectivity index (χ1n) is 8.95. The molecule has 2 heterocycles. The molecule has 3 N–H and O–H groups in total. The van der Waals surface area contributed by atoms with Crippen LogP contribution in [0.5, 0.6) is 5.75 Å². The Labute approximate surface area is 156 Å². The quantitative estimate of drug-likeness (QED) is 0.535. The van der Waals surface area contributed by atoms with E-state index in [0.717, 1.165) is 37.2 Å². The van der Waals surface area contributed by atoms with Crippen LogP contribution in [-0.2, 0) is 19.5 Å². The number of nitro benzene ring substituents is 1. The van der Waals surface area contributed by atoms with Gasteiger partial charge in [-0.05, 0) is 38.3 Å². The summed E-state index contributed by atoms with van der Waals surface area (Å²) in [6.07, 6.45) is 3.19. The van der Waals surface area contributed by atoms with E-state index < -0.39 is 10.8 Å². The van der Waals surface area contributed by atoms with Gasteiger partial charge in [0.2, 0.25) is 0 Å². The molecular weight excluding hydrogens is 350 g/mol. The lowest BCUT2D eigenvalue weighted by Crippen LogP contribution is -2.30. The Bertz CT molecular complexity index is 848. The highest BCUT2D eigenvalue weighted by molar-refractivity contribution is 5.93. The first-order valence-corrected chi connectivity index (χ1v) is 8.95. The van der Waals surface area contributed by atoms with E-state index >= 15 is 0 Å². The standard InChI is InChI=1S/C18H23N5O4/c1-2-27-17-4-3-14(23(25)26)8-13(17)10-20-9-12-5-6-22-16(7-12)15(11-21-22)18(19)24/h3-4,8,11-12,20H,2,5-7,9-10H2,1H3,(H2,19,24)/t12-/m1/s1. The van der Waals surface area contributed by atoms with Gasteiger partial charge in [0.25, 0.3) is 11.6 Å². The van der Waals surface area contributed by atoms with Gasteiger partial charge in [0.15, 0.2) is 0 Å². The van der Waals surface area contributed by atoms with E-state index in [1.54, 1.807) is 12.1 Å². The fraction of sp³-hybridized carbons (Fsp3) is 0.444. The van der Waals surface area contributed by atoms with Crippen LogP contribution in [0.4, 0.5) is 5.69 Å². The van der Waals surface area contributed by atoms with Crippen molar-refractivity contribution >= 4 is 11.6 Å². The number of nitro groups is 1. The number of nitrogens with two attached hydrogens (primary N) is 1. The fourth-order valence-electron chi connectivity index (χ4n) is 3.40. The van der Waals surface area contributed by atoms with Crippen molar-refractivity contribution in [3.05, 3.63) is 51.3 Å². The molecular formula is C18H23N5O4. The molecule has 1 aromatic heterocycles. The molecule has 9 nitrogen and oxygen atoms in total. The van der Waals surface area contributed by atoms with Crippen LogP contribution in [0.25, 0.3) is 0 Å². The van der Waals surface area contributed by atoms with Gasteiger partial charge in [-0.25, -0.2) is 0 Å². The summed E-state index contributed by atoms with van der Waals surface area (Å²) >= 11 is 0. The van der Waals surface area contributed by atoms with Gasteiger partial charge in [-0.1, -0.05) is 0 Å². The third kappa shape index (κ3) is 4.25. The van der Waals surface area contributed by atoms with E-state index in [1.165, 1.54) is 12.3 Å². The Morgan fingerprint density at radius 2 is 2.33 bits per heavy atom. The van der Waals surface area contributed by atoms with Gasteiger partial charge in [0.05, 0.1) is 29.0 Å². The monoisotopic (exact) mass is 373 g/mol. The second-order valence-electron chi connectivity index (χ2n) is 6.56. The van der Waals surface area contributed by atoms with Crippen molar-refractivity contribution in [2.45, 2.75) is 32.9 Å². The molecule has 1 aliphatic rings. The number of nitrogens with one attached hydrogen (secondary N) is 1. The molecule has 0 saturated carbocycles. The topological polar surface area (TPSA) is 125 Å². The molecule has 1 aliphatic heterocycles. The molecule has 0 spiro atoms. The largest absolute Gasteiger partial charge is 0.494 e. The van der Waals surface area contributed by atoms with Crippen LogP contribution in [0.1, 0.15) is 35.0 Å². The molecule has 1 aromatic carbocycles. The minimum Gasteiger partial charge on any atom is -0.494 e. The highest BCUT2D eigenvalue weighted by atomic mass is 16.6. The minimum absolute atomic E-state index is 0.0444. The summed E-state index contributed by atoms with van der Waals surface area (Å²) in [6.45, 7) is 4.30. The van der Waals surface area contributed by atoms with Gasteiger partial charge in [-0.2, -0.15) is 5.10 Å². The second kappa shape index (κ2) is 8.17. The number of aromatic nitrogens is 2. The molecule has 27 heavy (non-hydrogen) atoms. The van der Waals surface area contributed by atoms with Crippen LogP contribution in [0.2, 0.25) is 0 Å². The van der Waals surface area contributed by atoms with Gasteiger partial charge in [0.1, 0.15) is 5.75 Å². The van der Waals surface area contributed by atoms with Crippen molar-refractivity contribution < 1.29 is 14.5 Å². The van der Waals surface area contributed by atoms with Gasteiger partial charge in [-0.15, -0.1) is 0 Å². The number of hydrogen-bond acceptors (Lipinski definition) is 6. The summed E-state index contributed by atoms with van der Waals surface area (Å²) in [4.78, 5) is 22.1. The average Bonchev–Trinajstić information content (AvgIpc) is 3.06. The SMILES string of the molecule is CCOc1ccc([N+](=O)[O-])cc1CNC[C@@H]1CCn2ncc(C(N)=O)c2C1. The number of nitrogens with zero attached hydrogens (tertiary/aromatic N) is 3. The lowest BCUT2D eigenvalue weighted by Gasteiger charge is -2.24. The van der Waals surface area contributed by atoms with Crippen LogP contribution < -0.4 is 15.8 Å². The predicted octanol–water partition coefficient (Wildman–Crippen LogP) is 1.64. The summed E-state index contributed by atoms with van der Waals surface area (Å²) in [7, 11) is 0. The molecule has 0 radical (unpaired) electrons. The first-order chi connectivity index (χ1) is 13.0. The zero-order valence-corrected chi connectivity index (χ0v) is 15.2. The molecule has 1 amide bonds. The third-order valence-electron chi connectivity index (χ3n) is 4.75. The van der Waals surface area contributed by atoms with Crippen LogP contribution in [0, 0.1) is 16.0 Å². The molecule has 3 rings (SSSR count). The van der Waals surface area contributed by atoms with Crippen LogP contribution in [0.15, 0.2) is 24.4 Å². The van der Waals surface area contributed by atoms with Gasteiger partial charge < -0.3 is 15.8 Å². The summed E-state index contributed by atoms with van der Waals surface area (Å²) in [5, 5.41) is 18.6. The van der Waals surface area contributed by atoms with Crippen LogP contribution in [-0.4, -0.2) is 33.8 Å². The minimum atomic E-state index is -0.456. The maximum absolute atomic E-state index is 11.5. The zero-order valence-electron chi connectivity index (χ0n) is 15.2. The van der Waals surface area contributed by atoms with Crippen LogP contribution in [0.3, 0.4) is 0 Å². The first kappa shape index (κ1) is 18.8. The number of amides is 1. The van der Waals surface area contributed by atoms with Gasteiger partial charge in [0, 0.05) is 30.8 Å². The number of primary amides is 1. The molecule has 0 aliphatic carbocycles. The summed E-state index contributed by atoms with van der Waals surface area (Å²) in [5.74, 6) is 0.526. The van der Waals surface area contributed by atoms with Crippen molar-refractivity contribution in [2.75, 3.05) is 13.2 Å². The highest BCUT2D eigenvalue weighted by Gasteiger charge is 2.24. The Kier molecular flexibility index (Phi) is 5.70. The van der Waals surface area contributed by atoms with Gasteiger partial charge >= 0.3 is 0 Å². The smallest absolute Gasteiger partial charge is 0.270 e. The Hall–Kier alpha value is -2.94. The Balaban J connectivity index is 1.63. The van der Waals surface area contributed by atoms with E-state index in [9.17, 15) is 14.9 Å². The molecule has 1 atom stereocenters. The van der Waals surface area contributed by atoms with Crippen molar-refractivity contribution in [1.82, 2.24) is 15.1 Å². The van der Waals surface area contributed by atoms with Crippen molar-refractivity contribution in [1.29, 1.82) is 0 Å². The molecule has 2 aromatic rings. The number of carbonyl (C=O) groups excluding carboxylic acids is 1. The number of non-ortho nitro benzene ring substituents is 1. The highest BCUT2D eigenvalue weighted by Crippen LogP contribution is 2.25. The van der Waals surface area contributed by atoms with Crippen LogP contribution >= 0.6 is 0 Å². The number of ether oxygens (including phenoxy) is 1. The lowest BCUT2D eigenvalue weighted by molar-refractivity contribution is -0.384. The summed E-state index contributed by atoms with van der Waals surface area (Å²) < 4.78 is 7.40. The Morgan fingerprint density at radius 1 is 1.52 bits per heavy atom. The van der Waals surface area contributed by atoms with Gasteiger partial charge in [-0.3, -0.25) is 19.6 Å². The molecule has 0 bridgehead atoms. The fourth-order valence-corrected chi connectivity index (χ4v) is 3.40. The second-order valence-corrected chi connectivity index (χ2v) is 6.56. The lowest BCUT2D eigenvalue weighted by atomic mass is 9.94. The number of benzene rings is 1. The summed E-state index contributed by atoms with van der Waals surface area (Å²) in [6, 6.07) is 4.62. The summed E-state index contributed by atoms with van der Waals surface area (Å²) in [5.41, 5.74) is 7.57. The van der Waals surface area contributed by atoms with E-state index in [1.807, 2.05) is 11.6 Å². The molecule has 144 valence electrons. The van der Waals surface area contributed by atoms with E-state index in [0.29, 0.717) is 30.4 Å². The van der Waals surface area contributed by atoms with Crippen molar-refractivity contribution in [3.63, 3.8) is 0 Å². The van der Waals surface area contributed by atoms with Crippen molar-refractivity contribution in [3.8, 4) is 5.75 Å². The number of aryl methyl sites for hydroxylation is 1. The normalized spacial score (nSPS) is 16.0. The molecule has 0 unspecified atom stereocenters. The number of rotatable bonds is 8. The van der Waals surface area contributed by atoms with E-state index in [-0.39, 0.29) is 5.69 Å². The average molecular weight is 373 g/mol. The van der Waals surface area contributed by atoms with E-state index in [2.05, 4.69) is 10.4 Å². The number of carbonyl (C=O) groups is 1. The third-order valence-corrected chi connectivity index (χ3v) is 4.75. The molecule has 0 fully saturated rings. The Morgan fingerprint density at radius 3 is 3.04 bits per heavy atom. The predicted molar refractivity (Wildman–Crippen MR) is 98.5 cm³/mol. The number of fused-ring (bicyclic) bond motifs is 1. The maximum Gasteiger partial charge on any atom is 0.270 e. The zero-order chi connectivity index (χ0) is 19.4.